The maximum atomic E-state index is 11.8. The number of carboxylic acid groups (broad SMARTS) is 1. The van der Waals surface area contributed by atoms with Crippen molar-refractivity contribution in [1.82, 2.24) is 0 Å². The van der Waals surface area contributed by atoms with Crippen molar-refractivity contribution in [3.05, 3.63) is 29.8 Å². The van der Waals surface area contributed by atoms with Gasteiger partial charge in [0.25, 0.3) is 0 Å². The number of rotatable bonds is 5. The van der Waals surface area contributed by atoms with Crippen molar-refractivity contribution >= 4 is 5.97 Å². The second kappa shape index (κ2) is 5.41. The van der Waals surface area contributed by atoms with E-state index < -0.39 is 18.6 Å². The molecule has 3 N–H and O–H groups in total. The predicted molar refractivity (Wildman–Crippen MR) is 52.4 cm³/mol. The van der Waals surface area contributed by atoms with Gasteiger partial charge >= 0.3 is 12.6 Å². The van der Waals surface area contributed by atoms with Crippen LogP contribution in [-0.2, 0) is 11.2 Å². The van der Waals surface area contributed by atoms with Gasteiger partial charge in [-0.25, -0.2) is 0 Å². The van der Waals surface area contributed by atoms with Gasteiger partial charge in [-0.15, -0.1) is 0 Å². The first-order valence-corrected chi connectivity index (χ1v) is 4.51. The number of hydrogen-bond acceptors (Lipinski definition) is 3. The molecule has 1 aromatic rings. The fraction of sp³-hybridized carbons (Fsp3) is 0.300. The number of ether oxygens (including phenoxy) is 1. The van der Waals surface area contributed by atoms with Crippen LogP contribution in [0.2, 0.25) is 0 Å². The molecule has 0 unspecified atom stereocenters. The molecule has 0 radical (unpaired) electrons. The molecule has 0 amide bonds. The summed E-state index contributed by atoms with van der Waals surface area (Å²) in [6, 6.07) is 4.69. The number of alkyl halides is 2. The largest absolute Gasteiger partial charge is 0.480 e. The summed E-state index contributed by atoms with van der Waals surface area (Å²) in [4.78, 5) is 10.5. The van der Waals surface area contributed by atoms with Gasteiger partial charge in [0.05, 0.1) is 0 Å². The van der Waals surface area contributed by atoms with E-state index in [1.54, 1.807) is 0 Å². The number of nitrogens with two attached hydrogens (primary N) is 1. The van der Waals surface area contributed by atoms with Crippen molar-refractivity contribution in [3.63, 3.8) is 0 Å². The van der Waals surface area contributed by atoms with Gasteiger partial charge in [0.2, 0.25) is 0 Å². The minimum atomic E-state index is -2.87. The fourth-order valence-electron chi connectivity index (χ4n) is 1.15. The number of benzene rings is 1. The van der Waals surface area contributed by atoms with Gasteiger partial charge in [-0.1, -0.05) is 12.1 Å². The zero-order valence-electron chi connectivity index (χ0n) is 8.27. The molecule has 1 rings (SSSR count). The quantitative estimate of drug-likeness (QED) is 0.799. The molecule has 6 heteroatoms. The lowest BCUT2D eigenvalue weighted by Crippen LogP contribution is -2.32. The number of carbonyl (C=O) groups is 1. The Labute approximate surface area is 90.6 Å². The van der Waals surface area contributed by atoms with E-state index in [1.807, 2.05) is 0 Å². The number of halogens is 2. The summed E-state index contributed by atoms with van der Waals surface area (Å²) in [5.74, 6) is -1.07. The summed E-state index contributed by atoms with van der Waals surface area (Å²) in [7, 11) is 0. The highest BCUT2D eigenvalue weighted by Crippen LogP contribution is 2.15. The highest BCUT2D eigenvalue weighted by atomic mass is 19.3. The van der Waals surface area contributed by atoms with E-state index in [0.717, 1.165) is 0 Å². The highest BCUT2D eigenvalue weighted by Gasteiger charge is 2.12. The molecular weight excluding hydrogens is 220 g/mol. The molecular formula is C10H11F2NO3. The lowest BCUT2D eigenvalue weighted by atomic mass is 10.1. The highest BCUT2D eigenvalue weighted by molar-refractivity contribution is 5.73. The Morgan fingerprint density at radius 3 is 2.38 bits per heavy atom. The third-order valence-corrected chi connectivity index (χ3v) is 1.92. The first-order chi connectivity index (χ1) is 7.49. The van der Waals surface area contributed by atoms with E-state index in [0.29, 0.717) is 5.56 Å². The monoisotopic (exact) mass is 231 g/mol. The van der Waals surface area contributed by atoms with Gasteiger partial charge in [0.1, 0.15) is 11.8 Å². The van der Waals surface area contributed by atoms with Crippen LogP contribution in [0.1, 0.15) is 5.56 Å². The summed E-state index contributed by atoms with van der Waals surface area (Å²) in [5, 5.41) is 8.57. The Morgan fingerprint density at radius 1 is 1.38 bits per heavy atom. The van der Waals surface area contributed by atoms with E-state index >= 15 is 0 Å². The maximum absolute atomic E-state index is 11.8. The number of hydrogen-bond donors (Lipinski definition) is 2. The lowest BCUT2D eigenvalue weighted by Gasteiger charge is -2.08. The molecule has 88 valence electrons. The topological polar surface area (TPSA) is 72.5 Å². The Bertz CT molecular complexity index is 354. The zero-order valence-corrected chi connectivity index (χ0v) is 8.27. The van der Waals surface area contributed by atoms with E-state index in [1.165, 1.54) is 24.3 Å². The fourth-order valence-corrected chi connectivity index (χ4v) is 1.15. The summed E-state index contributed by atoms with van der Waals surface area (Å²) in [6.07, 6.45) is 0.143. The average Bonchev–Trinajstić information content (AvgIpc) is 2.20. The van der Waals surface area contributed by atoms with Gasteiger partial charge in [-0.05, 0) is 24.1 Å². The molecule has 0 aliphatic heterocycles. The second-order valence-electron chi connectivity index (χ2n) is 3.17. The van der Waals surface area contributed by atoms with Crippen LogP contribution >= 0.6 is 0 Å². The zero-order chi connectivity index (χ0) is 12.1. The molecule has 4 nitrogen and oxygen atoms in total. The van der Waals surface area contributed by atoms with Crippen molar-refractivity contribution in [3.8, 4) is 5.75 Å². The molecule has 1 atom stereocenters. The first kappa shape index (κ1) is 12.4. The molecule has 16 heavy (non-hydrogen) atoms. The van der Waals surface area contributed by atoms with Crippen LogP contribution in [0.4, 0.5) is 8.78 Å². The third kappa shape index (κ3) is 3.82. The van der Waals surface area contributed by atoms with Crippen molar-refractivity contribution in [2.24, 2.45) is 5.73 Å². The number of carboxylic acids is 1. The Morgan fingerprint density at radius 2 is 1.94 bits per heavy atom. The van der Waals surface area contributed by atoms with E-state index in [4.69, 9.17) is 10.8 Å². The van der Waals surface area contributed by atoms with Crippen molar-refractivity contribution < 1.29 is 23.4 Å². The van der Waals surface area contributed by atoms with Crippen LogP contribution in [0.3, 0.4) is 0 Å². The average molecular weight is 231 g/mol. The van der Waals surface area contributed by atoms with Crippen LogP contribution in [-0.4, -0.2) is 23.7 Å². The normalized spacial score (nSPS) is 12.5. The second-order valence-corrected chi connectivity index (χ2v) is 3.17. The van der Waals surface area contributed by atoms with Crippen LogP contribution < -0.4 is 10.5 Å². The minimum absolute atomic E-state index is 0.0302. The Hall–Kier alpha value is -1.69. The maximum Gasteiger partial charge on any atom is 0.387 e. The first-order valence-electron chi connectivity index (χ1n) is 4.51. The molecule has 0 saturated carbocycles. The Kier molecular flexibility index (Phi) is 4.19. The van der Waals surface area contributed by atoms with Crippen molar-refractivity contribution in [2.75, 3.05) is 0 Å². The Balaban J connectivity index is 2.61. The van der Waals surface area contributed by atoms with E-state index in [-0.39, 0.29) is 12.2 Å². The van der Waals surface area contributed by atoms with Crippen LogP contribution in [0.5, 0.6) is 5.75 Å². The molecule has 0 saturated heterocycles. The van der Waals surface area contributed by atoms with Crippen LogP contribution in [0.15, 0.2) is 24.3 Å². The van der Waals surface area contributed by atoms with E-state index in [2.05, 4.69) is 4.74 Å². The minimum Gasteiger partial charge on any atom is -0.480 e. The van der Waals surface area contributed by atoms with Crippen LogP contribution in [0.25, 0.3) is 0 Å². The number of aliphatic carboxylic acids is 1. The van der Waals surface area contributed by atoms with Gasteiger partial charge in [0.15, 0.2) is 0 Å². The molecule has 0 aliphatic carbocycles. The summed E-state index contributed by atoms with van der Waals surface area (Å²) >= 11 is 0. The summed E-state index contributed by atoms with van der Waals surface area (Å²) in [6.45, 7) is -2.87. The van der Waals surface area contributed by atoms with Gasteiger partial charge < -0.3 is 15.6 Å². The molecule has 0 fully saturated rings. The van der Waals surface area contributed by atoms with E-state index in [9.17, 15) is 13.6 Å². The summed E-state index contributed by atoms with van der Waals surface area (Å²) in [5.41, 5.74) is 5.97. The molecule has 0 bridgehead atoms. The molecule has 0 heterocycles. The summed E-state index contributed by atoms with van der Waals surface area (Å²) < 4.78 is 27.8. The van der Waals surface area contributed by atoms with Gasteiger partial charge in [-0.3, -0.25) is 4.79 Å². The van der Waals surface area contributed by atoms with Gasteiger partial charge in [0, 0.05) is 0 Å². The van der Waals surface area contributed by atoms with Crippen LogP contribution in [0, 0.1) is 0 Å². The van der Waals surface area contributed by atoms with Crippen molar-refractivity contribution in [1.29, 1.82) is 0 Å². The SMILES string of the molecule is N[C@@H](Cc1ccc(OC(F)F)cc1)C(=O)O. The standard InChI is InChI=1S/C10H11F2NO3/c11-10(12)16-7-3-1-6(2-4-7)5-8(13)9(14)15/h1-4,8,10H,5,13H2,(H,14,15)/t8-/m0/s1. The lowest BCUT2D eigenvalue weighted by molar-refractivity contribution is -0.138. The molecule has 0 spiro atoms. The van der Waals surface area contributed by atoms with Crippen molar-refractivity contribution in [2.45, 2.75) is 19.1 Å². The third-order valence-electron chi connectivity index (χ3n) is 1.92. The molecule has 0 aromatic heterocycles. The predicted octanol–water partition coefficient (Wildman–Crippen LogP) is 1.24. The smallest absolute Gasteiger partial charge is 0.387 e. The van der Waals surface area contributed by atoms with Gasteiger partial charge in [-0.2, -0.15) is 8.78 Å². The molecule has 0 aliphatic rings. The molecule has 1 aromatic carbocycles.